The van der Waals surface area contributed by atoms with Gasteiger partial charge in [-0.2, -0.15) is 0 Å². The van der Waals surface area contributed by atoms with Crippen LogP contribution in [-0.4, -0.2) is 12.5 Å². The standard InChI is InChI=1S/C13H19FN2O/c1-9(10-5-4-6-11(14)7-10)16-12(17)13(2,3)8-15/h4-7,9H,8,15H2,1-3H3,(H,16,17)/t9-/m0/s1. The van der Waals surface area contributed by atoms with Gasteiger partial charge in [-0.05, 0) is 38.5 Å². The van der Waals surface area contributed by atoms with Crippen molar-refractivity contribution >= 4 is 5.91 Å². The van der Waals surface area contributed by atoms with Gasteiger partial charge in [-0.3, -0.25) is 4.79 Å². The van der Waals surface area contributed by atoms with E-state index in [-0.39, 0.29) is 24.3 Å². The monoisotopic (exact) mass is 238 g/mol. The highest BCUT2D eigenvalue weighted by Crippen LogP contribution is 2.18. The molecule has 0 aliphatic heterocycles. The summed E-state index contributed by atoms with van der Waals surface area (Å²) < 4.78 is 13.0. The zero-order chi connectivity index (χ0) is 13.1. The van der Waals surface area contributed by atoms with E-state index < -0.39 is 5.41 Å². The van der Waals surface area contributed by atoms with Crippen molar-refractivity contribution in [3.05, 3.63) is 35.6 Å². The molecule has 0 aliphatic rings. The minimum atomic E-state index is -0.610. The summed E-state index contributed by atoms with van der Waals surface area (Å²) in [5, 5.41) is 2.83. The van der Waals surface area contributed by atoms with Crippen LogP contribution in [0.25, 0.3) is 0 Å². The Balaban J connectivity index is 2.73. The van der Waals surface area contributed by atoms with E-state index in [9.17, 15) is 9.18 Å². The first-order valence-corrected chi connectivity index (χ1v) is 5.63. The van der Waals surface area contributed by atoms with E-state index in [1.807, 2.05) is 6.92 Å². The third-order valence-electron chi connectivity index (χ3n) is 2.82. The predicted octanol–water partition coefficient (Wildman–Crippen LogP) is 1.99. The lowest BCUT2D eigenvalue weighted by atomic mass is 9.92. The van der Waals surface area contributed by atoms with Crippen LogP contribution in [0.2, 0.25) is 0 Å². The fraction of sp³-hybridized carbons (Fsp3) is 0.462. The van der Waals surface area contributed by atoms with Gasteiger partial charge in [0.2, 0.25) is 5.91 Å². The average molecular weight is 238 g/mol. The third-order valence-corrected chi connectivity index (χ3v) is 2.82. The SMILES string of the molecule is C[C@H](NC(=O)C(C)(C)CN)c1cccc(F)c1. The number of amides is 1. The zero-order valence-corrected chi connectivity index (χ0v) is 10.5. The van der Waals surface area contributed by atoms with Gasteiger partial charge in [0.1, 0.15) is 5.82 Å². The molecule has 1 amide bonds. The lowest BCUT2D eigenvalue weighted by Gasteiger charge is -2.24. The van der Waals surface area contributed by atoms with Crippen molar-refractivity contribution in [2.75, 3.05) is 6.54 Å². The molecule has 1 aromatic carbocycles. The van der Waals surface area contributed by atoms with Gasteiger partial charge >= 0.3 is 0 Å². The van der Waals surface area contributed by atoms with E-state index in [0.29, 0.717) is 0 Å². The Morgan fingerprint density at radius 2 is 2.18 bits per heavy atom. The molecule has 3 nitrogen and oxygen atoms in total. The second-order valence-corrected chi connectivity index (χ2v) is 4.84. The van der Waals surface area contributed by atoms with Gasteiger partial charge in [-0.1, -0.05) is 12.1 Å². The maximum atomic E-state index is 13.0. The van der Waals surface area contributed by atoms with E-state index in [4.69, 9.17) is 5.73 Å². The molecule has 0 bridgehead atoms. The summed E-state index contributed by atoms with van der Waals surface area (Å²) in [4.78, 5) is 11.9. The van der Waals surface area contributed by atoms with Gasteiger partial charge in [-0.15, -0.1) is 0 Å². The third kappa shape index (κ3) is 3.53. The predicted molar refractivity (Wildman–Crippen MR) is 65.8 cm³/mol. The smallest absolute Gasteiger partial charge is 0.227 e. The minimum Gasteiger partial charge on any atom is -0.349 e. The highest BCUT2D eigenvalue weighted by atomic mass is 19.1. The second-order valence-electron chi connectivity index (χ2n) is 4.84. The molecule has 0 heterocycles. The Hall–Kier alpha value is -1.42. The van der Waals surface area contributed by atoms with Gasteiger partial charge in [0.05, 0.1) is 11.5 Å². The van der Waals surface area contributed by atoms with Crippen molar-refractivity contribution in [3.63, 3.8) is 0 Å². The molecule has 0 aliphatic carbocycles. The molecule has 0 saturated carbocycles. The molecular formula is C13H19FN2O. The van der Waals surface area contributed by atoms with Crippen LogP contribution >= 0.6 is 0 Å². The molecule has 0 spiro atoms. The molecule has 0 aromatic heterocycles. The number of halogens is 1. The molecule has 94 valence electrons. The maximum absolute atomic E-state index is 13.0. The van der Waals surface area contributed by atoms with Crippen molar-refractivity contribution in [1.29, 1.82) is 0 Å². The first kappa shape index (κ1) is 13.6. The number of nitrogens with two attached hydrogens (primary N) is 1. The zero-order valence-electron chi connectivity index (χ0n) is 10.5. The lowest BCUT2D eigenvalue weighted by Crippen LogP contribution is -2.42. The van der Waals surface area contributed by atoms with Crippen molar-refractivity contribution in [3.8, 4) is 0 Å². The molecular weight excluding hydrogens is 219 g/mol. The summed E-state index contributed by atoms with van der Waals surface area (Å²) in [6.45, 7) is 5.65. The van der Waals surface area contributed by atoms with Crippen LogP contribution < -0.4 is 11.1 Å². The summed E-state index contributed by atoms with van der Waals surface area (Å²) in [5.74, 6) is -0.432. The Kier molecular flexibility index (Phi) is 4.23. The molecule has 0 saturated heterocycles. The minimum absolute atomic E-state index is 0.128. The Labute approximate surface area is 101 Å². The number of rotatable bonds is 4. The Bertz CT molecular complexity index is 404. The van der Waals surface area contributed by atoms with Gasteiger partial charge in [0, 0.05) is 6.54 Å². The van der Waals surface area contributed by atoms with Crippen molar-refractivity contribution in [2.24, 2.45) is 11.1 Å². The average Bonchev–Trinajstić information content (AvgIpc) is 2.28. The van der Waals surface area contributed by atoms with Crippen LogP contribution in [0.15, 0.2) is 24.3 Å². The quantitative estimate of drug-likeness (QED) is 0.842. The second kappa shape index (κ2) is 5.27. The molecule has 0 radical (unpaired) electrons. The van der Waals surface area contributed by atoms with Gasteiger partial charge in [-0.25, -0.2) is 4.39 Å². The van der Waals surface area contributed by atoms with Gasteiger partial charge in [0.25, 0.3) is 0 Å². The van der Waals surface area contributed by atoms with Gasteiger partial charge in [0.15, 0.2) is 0 Å². The Morgan fingerprint density at radius 3 is 2.71 bits per heavy atom. The van der Waals surface area contributed by atoms with Crippen LogP contribution in [0.3, 0.4) is 0 Å². The summed E-state index contributed by atoms with van der Waals surface area (Å²) in [6.07, 6.45) is 0. The summed E-state index contributed by atoms with van der Waals surface area (Å²) in [5.41, 5.74) is 5.66. The molecule has 1 atom stereocenters. The largest absolute Gasteiger partial charge is 0.349 e. The van der Waals surface area contributed by atoms with E-state index in [2.05, 4.69) is 5.32 Å². The maximum Gasteiger partial charge on any atom is 0.227 e. The highest BCUT2D eigenvalue weighted by molar-refractivity contribution is 5.82. The molecule has 0 unspecified atom stereocenters. The summed E-state index contributed by atoms with van der Waals surface area (Å²) >= 11 is 0. The number of hydrogen-bond donors (Lipinski definition) is 2. The molecule has 1 aromatic rings. The summed E-state index contributed by atoms with van der Waals surface area (Å²) in [6, 6.07) is 5.97. The van der Waals surface area contributed by atoms with Crippen LogP contribution in [0, 0.1) is 11.2 Å². The molecule has 3 N–H and O–H groups in total. The van der Waals surface area contributed by atoms with Gasteiger partial charge < -0.3 is 11.1 Å². The number of nitrogens with one attached hydrogen (secondary N) is 1. The first-order chi connectivity index (χ1) is 7.86. The number of carbonyl (C=O) groups excluding carboxylic acids is 1. The molecule has 0 fully saturated rings. The van der Waals surface area contributed by atoms with Crippen molar-refractivity contribution < 1.29 is 9.18 Å². The normalized spacial score (nSPS) is 13.2. The first-order valence-electron chi connectivity index (χ1n) is 5.63. The van der Waals surface area contributed by atoms with E-state index in [0.717, 1.165) is 5.56 Å². The number of benzene rings is 1. The topological polar surface area (TPSA) is 55.1 Å². The van der Waals surface area contributed by atoms with Crippen molar-refractivity contribution in [1.82, 2.24) is 5.32 Å². The van der Waals surface area contributed by atoms with Crippen LogP contribution in [0.5, 0.6) is 0 Å². The molecule has 1 rings (SSSR count). The fourth-order valence-electron chi connectivity index (χ4n) is 1.34. The highest BCUT2D eigenvalue weighted by Gasteiger charge is 2.26. The summed E-state index contributed by atoms with van der Waals surface area (Å²) in [7, 11) is 0. The lowest BCUT2D eigenvalue weighted by molar-refractivity contribution is -0.129. The van der Waals surface area contributed by atoms with Crippen LogP contribution in [-0.2, 0) is 4.79 Å². The number of carbonyl (C=O) groups is 1. The van der Waals surface area contributed by atoms with Crippen molar-refractivity contribution in [2.45, 2.75) is 26.8 Å². The fourth-order valence-corrected chi connectivity index (χ4v) is 1.34. The number of hydrogen-bond acceptors (Lipinski definition) is 2. The van der Waals surface area contributed by atoms with Crippen LogP contribution in [0.4, 0.5) is 4.39 Å². The molecule has 4 heteroatoms. The Morgan fingerprint density at radius 1 is 1.53 bits per heavy atom. The van der Waals surface area contributed by atoms with Crippen LogP contribution in [0.1, 0.15) is 32.4 Å². The van der Waals surface area contributed by atoms with E-state index >= 15 is 0 Å². The van der Waals surface area contributed by atoms with E-state index in [1.54, 1.807) is 26.0 Å². The molecule has 17 heavy (non-hydrogen) atoms. The van der Waals surface area contributed by atoms with E-state index in [1.165, 1.54) is 12.1 Å².